The van der Waals surface area contributed by atoms with E-state index >= 15 is 0 Å². The van der Waals surface area contributed by atoms with E-state index in [2.05, 4.69) is 0 Å². The zero-order chi connectivity index (χ0) is 12.3. The van der Waals surface area contributed by atoms with Gasteiger partial charge in [0, 0.05) is 0 Å². The van der Waals surface area contributed by atoms with Gasteiger partial charge in [0.05, 0.1) is 11.5 Å². The summed E-state index contributed by atoms with van der Waals surface area (Å²) in [6.45, 7) is 0.626. The monoisotopic (exact) mass is 255 g/mol. The molecule has 1 aliphatic rings. The van der Waals surface area contributed by atoms with Gasteiger partial charge in [0.25, 0.3) is 0 Å². The normalized spacial score (nSPS) is 22.5. The van der Waals surface area contributed by atoms with Crippen molar-refractivity contribution in [1.29, 1.82) is 0 Å². The molecule has 0 aliphatic carbocycles. The van der Waals surface area contributed by atoms with Crippen LogP contribution in [-0.4, -0.2) is 32.6 Å². The molecule has 94 valence electrons. The standard InChI is InChI=1S/C12H17NO3S/c13-7-5-10-1-3-11(4-2-10)16-12-6-8-17(14,15)9-12/h1-4,12H,5-9,13H2. The molecule has 0 spiro atoms. The highest BCUT2D eigenvalue weighted by molar-refractivity contribution is 7.91. The van der Waals surface area contributed by atoms with Crippen LogP contribution in [0.2, 0.25) is 0 Å². The third-order valence-corrected chi connectivity index (χ3v) is 4.59. The molecule has 5 heteroatoms. The summed E-state index contributed by atoms with van der Waals surface area (Å²) >= 11 is 0. The zero-order valence-corrected chi connectivity index (χ0v) is 10.4. The van der Waals surface area contributed by atoms with Crippen LogP contribution < -0.4 is 10.5 Å². The maximum absolute atomic E-state index is 11.3. The molecule has 2 N–H and O–H groups in total. The summed E-state index contributed by atoms with van der Waals surface area (Å²) in [4.78, 5) is 0. The van der Waals surface area contributed by atoms with Crippen LogP contribution >= 0.6 is 0 Å². The van der Waals surface area contributed by atoms with E-state index in [1.54, 1.807) is 0 Å². The molecular formula is C12H17NO3S. The van der Waals surface area contributed by atoms with Crippen LogP contribution in [0.15, 0.2) is 24.3 Å². The van der Waals surface area contributed by atoms with Crippen molar-refractivity contribution < 1.29 is 13.2 Å². The summed E-state index contributed by atoms with van der Waals surface area (Å²) in [5.74, 6) is 1.10. The summed E-state index contributed by atoms with van der Waals surface area (Å²) in [7, 11) is -2.87. The van der Waals surface area contributed by atoms with Gasteiger partial charge in [-0.2, -0.15) is 0 Å². The van der Waals surface area contributed by atoms with Crippen LogP contribution in [0.25, 0.3) is 0 Å². The van der Waals surface area contributed by atoms with Crippen molar-refractivity contribution in [2.24, 2.45) is 5.73 Å². The minimum Gasteiger partial charge on any atom is -0.489 e. The number of ether oxygens (including phenoxy) is 1. The van der Waals surface area contributed by atoms with Crippen molar-refractivity contribution >= 4 is 9.84 Å². The van der Waals surface area contributed by atoms with Crippen LogP contribution in [0.3, 0.4) is 0 Å². The second kappa shape index (κ2) is 5.06. The minimum atomic E-state index is -2.87. The Hall–Kier alpha value is -1.07. The Balaban J connectivity index is 1.95. The lowest BCUT2D eigenvalue weighted by Crippen LogP contribution is -2.17. The van der Waals surface area contributed by atoms with Gasteiger partial charge in [0.15, 0.2) is 9.84 Å². The fourth-order valence-corrected chi connectivity index (χ4v) is 3.54. The third kappa shape index (κ3) is 3.44. The highest BCUT2D eigenvalue weighted by Gasteiger charge is 2.29. The van der Waals surface area contributed by atoms with E-state index in [4.69, 9.17) is 10.5 Å². The molecule has 1 aromatic rings. The quantitative estimate of drug-likeness (QED) is 0.862. The van der Waals surface area contributed by atoms with Crippen LogP contribution in [0.4, 0.5) is 0 Å². The lowest BCUT2D eigenvalue weighted by Gasteiger charge is -2.12. The number of hydrogen-bond acceptors (Lipinski definition) is 4. The molecule has 0 radical (unpaired) electrons. The van der Waals surface area contributed by atoms with Crippen molar-refractivity contribution in [1.82, 2.24) is 0 Å². The number of rotatable bonds is 4. The summed E-state index contributed by atoms with van der Waals surface area (Å²) < 4.78 is 28.2. The van der Waals surface area contributed by atoms with Gasteiger partial charge in [-0.1, -0.05) is 12.1 Å². The Kier molecular flexibility index (Phi) is 3.69. The van der Waals surface area contributed by atoms with Gasteiger partial charge in [-0.25, -0.2) is 8.42 Å². The van der Waals surface area contributed by atoms with Crippen molar-refractivity contribution in [3.63, 3.8) is 0 Å². The Bertz CT molecular complexity index is 467. The van der Waals surface area contributed by atoms with Gasteiger partial charge in [-0.15, -0.1) is 0 Å². The molecule has 1 heterocycles. The molecule has 1 aliphatic heterocycles. The van der Waals surface area contributed by atoms with E-state index < -0.39 is 9.84 Å². The first kappa shape index (κ1) is 12.4. The summed E-state index contributed by atoms with van der Waals surface area (Å²) in [5.41, 5.74) is 6.63. The fraction of sp³-hybridized carbons (Fsp3) is 0.500. The Morgan fingerprint density at radius 2 is 2.00 bits per heavy atom. The van der Waals surface area contributed by atoms with Crippen LogP contribution in [-0.2, 0) is 16.3 Å². The first-order chi connectivity index (χ1) is 8.09. The average Bonchev–Trinajstić information content (AvgIpc) is 2.61. The summed E-state index contributed by atoms with van der Waals surface area (Å²) in [6, 6.07) is 7.67. The van der Waals surface area contributed by atoms with E-state index in [1.807, 2.05) is 24.3 Å². The van der Waals surface area contributed by atoms with Gasteiger partial charge < -0.3 is 10.5 Å². The Morgan fingerprint density at radius 1 is 1.29 bits per heavy atom. The average molecular weight is 255 g/mol. The predicted octanol–water partition coefficient (Wildman–Crippen LogP) is 0.754. The first-order valence-electron chi connectivity index (χ1n) is 5.75. The van der Waals surface area contributed by atoms with Crippen LogP contribution in [0.1, 0.15) is 12.0 Å². The molecule has 4 nitrogen and oxygen atoms in total. The first-order valence-corrected chi connectivity index (χ1v) is 7.57. The van der Waals surface area contributed by atoms with Crippen molar-refractivity contribution in [2.75, 3.05) is 18.1 Å². The second-order valence-electron chi connectivity index (χ2n) is 4.33. The molecule has 17 heavy (non-hydrogen) atoms. The van der Waals surface area contributed by atoms with Crippen LogP contribution in [0.5, 0.6) is 5.75 Å². The van der Waals surface area contributed by atoms with E-state index in [0.717, 1.165) is 12.2 Å². The molecule has 1 atom stereocenters. The number of hydrogen-bond donors (Lipinski definition) is 1. The smallest absolute Gasteiger partial charge is 0.154 e. The zero-order valence-electron chi connectivity index (χ0n) is 9.63. The van der Waals surface area contributed by atoms with Crippen molar-refractivity contribution in [3.8, 4) is 5.75 Å². The summed E-state index contributed by atoms with van der Waals surface area (Å²) in [6.07, 6.45) is 1.24. The fourth-order valence-electron chi connectivity index (χ4n) is 1.95. The minimum absolute atomic E-state index is 0.136. The Morgan fingerprint density at radius 3 is 2.53 bits per heavy atom. The van der Waals surface area contributed by atoms with Crippen molar-refractivity contribution in [3.05, 3.63) is 29.8 Å². The molecule has 1 aromatic carbocycles. The largest absolute Gasteiger partial charge is 0.489 e. The molecule has 1 unspecified atom stereocenters. The SMILES string of the molecule is NCCc1ccc(OC2CCS(=O)(=O)C2)cc1. The molecule has 0 saturated carbocycles. The highest BCUT2D eigenvalue weighted by Crippen LogP contribution is 2.20. The van der Waals surface area contributed by atoms with Gasteiger partial charge in [0.2, 0.25) is 0 Å². The molecule has 1 saturated heterocycles. The van der Waals surface area contributed by atoms with Gasteiger partial charge in [-0.3, -0.25) is 0 Å². The van der Waals surface area contributed by atoms with Gasteiger partial charge in [0.1, 0.15) is 11.9 Å². The second-order valence-corrected chi connectivity index (χ2v) is 6.55. The van der Waals surface area contributed by atoms with E-state index in [9.17, 15) is 8.42 Å². The number of nitrogens with two attached hydrogens (primary N) is 1. The molecule has 1 fully saturated rings. The molecule has 0 bridgehead atoms. The van der Waals surface area contributed by atoms with Crippen molar-refractivity contribution in [2.45, 2.75) is 18.9 Å². The lowest BCUT2D eigenvalue weighted by molar-refractivity contribution is 0.229. The highest BCUT2D eigenvalue weighted by atomic mass is 32.2. The molecule has 2 rings (SSSR count). The molecular weight excluding hydrogens is 238 g/mol. The summed E-state index contributed by atoms with van der Waals surface area (Å²) in [5, 5.41) is 0. The topological polar surface area (TPSA) is 69.4 Å². The van der Waals surface area contributed by atoms with E-state index in [-0.39, 0.29) is 17.6 Å². The van der Waals surface area contributed by atoms with E-state index in [1.165, 1.54) is 5.56 Å². The molecule has 0 amide bonds. The molecule has 0 aromatic heterocycles. The lowest BCUT2D eigenvalue weighted by atomic mass is 10.1. The Labute approximate surface area is 102 Å². The predicted molar refractivity (Wildman–Crippen MR) is 66.9 cm³/mol. The van der Waals surface area contributed by atoms with Crippen LogP contribution in [0, 0.1) is 0 Å². The van der Waals surface area contributed by atoms with E-state index in [0.29, 0.717) is 13.0 Å². The van der Waals surface area contributed by atoms with Gasteiger partial charge >= 0.3 is 0 Å². The maximum atomic E-state index is 11.3. The van der Waals surface area contributed by atoms with Gasteiger partial charge in [-0.05, 0) is 37.1 Å². The number of benzene rings is 1. The maximum Gasteiger partial charge on any atom is 0.154 e. The third-order valence-electron chi connectivity index (χ3n) is 2.85. The number of sulfone groups is 1.